The molecule has 0 aliphatic carbocycles. The van der Waals surface area contributed by atoms with Crippen molar-refractivity contribution in [2.45, 2.75) is 45.5 Å². The van der Waals surface area contributed by atoms with E-state index in [9.17, 15) is 14.0 Å². The molecule has 2 aliphatic rings. The van der Waals surface area contributed by atoms with Gasteiger partial charge in [0, 0.05) is 41.5 Å². The molecule has 2 N–H and O–H groups in total. The molecule has 0 saturated carbocycles. The van der Waals surface area contributed by atoms with Crippen LogP contribution < -0.4 is 15.4 Å². The Hall–Kier alpha value is -4.86. The molecular weight excluding hydrogens is 511 g/mol. The number of benzodiazepines with no additional fused rings is 1. The molecule has 10 heteroatoms. The van der Waals surface area contributed by atoms with E-state index < -0.39 is 23.8 Å². The number of benzene rings is 2. The van der Waals surface area contributed by atoms with E-state index >= 15 is 0 Å². The first kappa shape index (κ1) is 25.4. The van der Waals surface area contributed by atoms with Crippen LogP contribution in [0.3, 0.4) is 0 Å². The first-order chi connectivity index (χ1) is 19.4. The van der Waals surface area contributed by atoms with Gasteiger partial charge in [-0.1, -0.05) is 49.4 Å². The van der Waals surface area contributed by atoms with Gasteiger partial charge in [0.15, 0.2) is 0 Å². The monoisotopic (exact) mass is 538 g/mol. The minimum atomic E-state index is -1.35. The zero-order valence-electron chi connectivity index (χ0n) is 22.0. The van der Waals surface area contributed by atoms with E-state index in [1.165, 1.54) is 6.07 Å². The predicted molar refractivity (Wildman–Crippen MR) is 148 cm³/mol. The maximum atomic E-state index is 14.9. The van der Waals surface area contributed by atoms with E-state index in [-0.39, 0.29) is 17.4 Å². The summed E-state index contributed by atoms with van der Waals surface area (Å²) in [5, 5.41) is 10.0. The fourth-order valence-electron chi connectivity index (χ4n) is 4.87. The van der Waals surface area contributed by atoms with Gasteiger partial charge in [-0.3, -0.25) is 14.6 Å². The highest BCUT2D eigenvalue weighted by molar-refractivity contribution is 6.20. The summed E-state index contributed by atoms with van der Waals surface area (Å²) < 4.78 is 22.6. The molecule has 6 rings (SSSR count). The van der Waals surface area contributed by atoms with Crippen LogP contribution in [0.4, 0.5) is 10.1 Å². The molecule has 2 aromatic carbocycles. The number of pyridine rings is 1. The molecule has 2 aliphatic heterocycles. The van der Waals surface area contributed by atoms with Crippen LogP contribution >= 0.6 is 0 Å². The van der Waals surface area contributed by atoms with Crippen molar-refractivity contribution in [2.24, 2.45) is 4.99 Å². The molecule has 4 heterocycles. The average Bonchev–Trinajstić information content (AvgIpc) is 3.28. The largest absolute Gasteiger partial charge is 0.474 e. The lowest BCUT2D eigenvalue weighted by atomic mass is 10.0. The average molecular weight is 539 g/mol. The van der Waals surface area contributed by atoms with E-state index in [0.29, 0.717) is 40.5 Å². The zero-order chi connectivity index (χ0) is 27.8. The number of hydrogen-bond acceptors (Lipinski definition) is 6. The van der Waals surface area contributed by atoms with Crippen LogP contribution in [0.15, 0.2) is 71.9 Å². The number of aromatic nitrogens is 3. The number of hydrogen-bond donors (Lipinski definition) is 2. The fraction of sp³-hybridized carbons (Fsp3) is 0.233. The predicted octanol–water partition coefficient (Wildman–Crippen LogP) is 4.36. The molecule has 0 radical (unpaired) electrons. The molecule has 2 amide bonds. The topological polar surface area (TPSA) is 110 Å². The maximum Gasteiger partial charge on any atom is 0.269 e. The molecule has 0 spiro atoms. The molecule has 2 aromatic heterocycles. The van der Waals surface area contributed by atoms with Gasteiger partial charge in [-0.05, 0) is 31.5 Å². The number of para-hydroxylation sites is 1. The van der Waals surface area contributed by atoms with Crippen molar-refractivity contribution in [3.63, 3.8) is 0 Å². The number of carbonyl (C=O) groups excluding carboxylic acids is 2. The Labute approximate surface area is 230 Å². The van der Waals surface area contributed by atoms with Crippen LogP contribution in [0.5, 0.6) is 5.88 Å². The number of halogens is 1. The van der Waals surface area contributed by atoms with Gasteiger partial charge in [0.05, 0.1) is 17.5 Å². The number of fused-ring (bicyclic) bond motifs is 2. The number of nitrogens with zero attached hydrogens (tertiary/aromatic N) is 4. The van der Waals surface area contributed by atoms with Crippen molar-refractivity contribution in [1.82, 2.24) is 20.1 Å². The van der Waals surface area contributed by atoms with E-state index in [1.54, 1.807) is 23.0 Å². The molecular formula is C30H27FN6O3. The third-order valence-electron chi connectivity index (χ3n) is 6.99. The van der Waals surface area contributed by atoms with Gasteiger partial charge in [0.2, 0.25) is 12.0 Å². The summed E-state index contributed by atoms with van der Waals surface area (Å²) in [7, 11) is 0. The number of carbonyl (C=O) groups is 2. The molecule has 4 aromatic rings. The first-order valence-electron chi connectivity index (χ1n) is 13.2. The summed E-state index contributed by atoms with van der Waals surface area (Å²) in [6, 6.07) is 17.4. The summed E-state index contributed by atoms with van der Waals surface area (Å²) in [5.41, 5.74) is 3.62. The van der Waals surface area contributed by atoms with E-state index in [1.807, 2.05) is 56.3 Å². The van der Waals surface area contributed by atoms with Crippen molar-refractivity contribution in [2.75, 3.05) is 5.32 Å². The first-order valence-corrected chi connectivity index (χ1v) is 13.2. The summed E-state index contributed by atoms with van der Waals surface area (Å²) in [6.45, 7) is 4.51. The normalized spacial score (nSPS) is 18.0. The SMILES string of the molecule is CCc1ccc(-c2nn3c(c2C(=O)N[C@H]2N=C(c4ccccc4)c4cccc(F)c4NC2=O)O[C@@H](C)CC3)cn1. The van der Waals surface area contributed by atoms with Crippen molar-refractivity contribution in [1.29, 1.82) is 0 Å². The van der Waals surface area contributed by atoms with Crippen LogP contribution in [-0.2, 0) is 17.8 Å². The van der Waals surface area contributed by atoms with Crippen LogP contribution in [0.1, 0.15) is 47.4 Å². The molecule has 40 heavy (non-hydrogen) atoms. The number of aliphatic imine (C=N–C) groups is 1. The van der Waals surface area contributed by atoms with E-state index in [4.69, 9.17) is 4.74 Å². The van der Waals surface area contributed by atoms with Gasteiger partial charge in [0.25, 0.3) is 11.8 Å². The van der Waals surface area contributed by atoms with Crippen LogP contribution in [-0.4, -0.2) is 44.6 Å². The van der Waals surface area contributed by atoms with Crippen LogP contribution in [0.2, 0.25) is 0 Å². The Kier molecular flexibility index (Phi) is 6.59. The van der Waals surface area contributed by atoms with Gasteiger partial charge in [-0.15, -0.1) is 0 Å². The number of aryl methyl sites for hydroxylation is 2. The third kappa shape index (κ3) is 4.61. The van der Waals surface area contributed by atoms with Gasteiger partial charge in [0.1, 0.15) is 17.1 Å². The van der Waals surface area contributed by atoms with Gasteiger partial charge in [-0.2, -0.15) is 5.10 Å². The summed E-state index contributed by atoms with van der Waals surface area (Å²) in [5.74, 6) is -1.54. The summed E-state index contributed by atoms with van der Waals surface area (Å²) in [6.07, 6.45) is 1.72. The second kappa shape index (κ2) is 10.4. The Morgan fingerprint density at radius 1 is 1.12 bits per heavy atom. The lowest BCUT2D eigenvalue weighted by Crippen LogP contribution is -2.42. The second-order valence-corrected chi connectivity index (χ2v) is 9.73. The number of ether oxygens (including phenoxy) is 1. The minimum absolute atomic E-state index is 0.00898. The highest BCUT2D eigenvalue weighted by Gasteiger charge is 2.34. The Bertz CT molecular complexity index is 1630. The van der Waals surface area contributed by atoms with Crippen molar-refractivity contribution < 1.29 is 18.7 Å². The Morgan fingerprint density at radius 2 is 1.95 bits per heavy atom. The van der Waals surface area contributed by atoms with Gasteiger partial charge >= 0.3 is 0 Å². The molecule has 202 valence electrons. The Balaban J connectivity index is 1.42. The summed E-state index contributed by atoms with van der Waals surface area (Å²) in [4.78, 5) is 36.3. The zero-order valence-corrected chi connectivity index (χ0v) is 22.0. The molecule has 9 nitrogen and oxygen atoms in total. The van der Waals surface area contributed by atoms with Crippen molar-refractivity contribution >= 4 is 23.2 Å². The van der Waals surface area contributed by atoms with Crippen LogP contribution in [0.25, 0.3) is 11.3 Å². The standard InChI is InChI=1S/C30H27FN6O3/c1-3-20-13-12-19(16-32-20)25-23(30-37(36-25)15-14-17(2)40-30)28(38)35-27-29(39)34-26-21(10-7-11-22(26)31)24(33-27)18-8-5-4-6-9-18/h4-13,16-17,27H,3,14-15H2,1-2H3,(H,34,39)(H,35,38)/t17-,27+/m0/s1. The lowest BCUT2D eigenvalue weighted by Gasteiger charge is -2.22. The maximum absolute atomic E-state index is 14.9. The van der Waals surface area contributed by atoms with Gasteiger partial charge < -0.3 is 15.4 Å². The molecule has 2 atom stereocenters. The molecule has 0 unspecified atom stereocenters. The number of anilines is 1. The highest BCUT2D eigenvalue weighted by atomic mass is 19.1. The Morgan fingerprint density at radius 3 is 2.70 bits per heavy atom. The molecule has 0 fully saturated rings. The van der Waals surface area contributed by atoms with E-state index in [2.05, 4.69) is 25.7 Å². The van der Waals surface area contributed by atoms with E-state index in [0.717, 1.165) is 18.5 Å². The highest BCUT2D eigenvalue weighted by Crippen LogP contribution is 2.34. The minimum Gasteiger partial charge on any atom is -0.474 e. The second-order valence-electron chi connectivity index (χ2n) is 9.73. The molecule has 0 saturated heterocycles. The van der Waals surface area contributed by atoms with Crippen LogP contribution in [0, 0.1) is 5.82 Å². The third-order valence-corrected chi connectivity index (χ3v) is 6.99. The number of nitrogens with one attached hydrogen (secondary N) is 2. The van der Waals surface area contributed by atoms with Gasteiger partial charge in [-0.25, -0.2) is 14.1 Å². The molecule has 0 bridgehead atoms. The van der Waals surface area contributed by atoms with Crippen molar-refractivity contribution in [3.05, 3.63) is 95.1 Å². The quantitative estimate of drug-likeness (QED) is 0.392. The smallest absolute Gasteiger partial charge is 0.269 e. The lowest BCUT2D eigenvalue weighted by molar-refractivity contribution is -0.117. The van der Waals surface area contributed by atoms with Crippen molar-refractivity contribution in [3.8, 4) is 17.1 Å². The fourth-order valence-corrected chi connectivity index (χ4v) is 4.87. The number of amides is 2. The summed E-state index contributed by atoms with van der Waals surface area (Å²) >= 11 is 0. The number of rotatable bonds is 5.